The predicted octanol–water partition coefficient (Wildman–Crippen LogP) is 16.9. The van der Waals surface area contributed by atoms with E-state index < -0.39 is 20.0 Å². The largest absolute Gasteiger partial charge is 0.490 e. The number of fused-ring (bicyclic) bond motifs is 4. The second kappa shape index (κ2) is 40.8. The van der Waals surface area contributed by atoms with Gasteiger partial charge in [-0.2, -0.15) is 41.0 Å². The van der Waals surface area contributed by atoms with Crippen molar-refractivity contribution < 1.29 is 68.5 Å². The number of nitrogens with zero attached hydrogens (tertiary/aromatic N) is 12. The Kier molecular flexibility index (Phi) is 28.7. The maximum Gasteiger partial charge on any atom is 0.319 e. The maximum atomic E-state index is 12.4. The molecular weight excluding hydrogens is 1710 g/mol. The van der Waals surface area contributed by atoms with Crippen LogP contribution < -0.4 is 39.0 Å². The highest BCUT2D eigenvalue weighted by Crippen LogP contribution is 2.45. The summed E-state index contributed by atoms with van der Waals surface area (Å²) in [5.41, 5.74) is 16.4. The van der Waals surface area contributed by atoms with Gasteiger partial charge in [-0.15, -0.1) is 0 Å². The van der Waals surface area contributed by atoms with Crippen LogP contribution in [-0.2, 0) is 55.3 Å². The van der Waals surface area contributed by atoms with Crippen LogP contribution in [0.3, 0.4) is 0 Å². The van der Waals surface area contributed by atoms with Crippen molar-refractivity contribution in [1.29, 1.82) is 21.0 Å². The number of nitriles is 4. The number of aliphatic hydroxyl groups excluding tert-OH is 1. The molecule has 0 saturated heterocycles. The summed E-state index contributed by atoms with van der Waals surface area (Å²) < 4.78 is 105. The monoisotopic (exact) mass is 1810 g/mol. The van der Waals surface area contributed by atoms with E-state index >= 15 is 0 Å². The number of carbonyl (C=O) groups is 1. The first-order valence-corrected chi connectivity index (χ1v) is 47.3. The summed E-state index contributed by atoms with van der Waals surface area (Å²) in [5, 5.41) is 70.8. The Hall–Kier alpha value is -13.4. The van der Waals surface area contributed by atoms with Crippen molar-refractivity contribution in [3.63, 3.8) is 0 Å². The summed E-state index contributed by atoms with van der Waals surface area (Å²) in [5.74, 6) is 5.05. The molecule has 2 fully saturated rings. The summed E-state index contributed by atoms with van der Waals surface area (Å²) in [4.78, 5) is 30.1. The fourth-order valence-electron chi connectivity index (χ4n) is 16.5. The Balaban J connectivity index is 0.000000134. The quantitative estimate of drug-likeness (QED) is 0.0261. The molecule has 131 heavy (non-hydrogen) atoms. The van der Waals surface area contributed by atoms with Crippen molar-refractivity contribution in [2.24, 2.45) is 0 Å². The van der Waals surface area contributed by atoms with Gasteiger partial charge in [0.2, 0.25) is 43.3 Å². The fraction of sp³-hybridized carbons (Fsp3) is 0.378. The molecule has 2 unspecified atom stereocenters. The minimum Gasteiger partial charge on any atom is -0.490 e. The predicted molar refractivity (Wildman–Crippen MR) is 486 cm³/mol. The molecule has 676 valence electrons. The van der Waals surface area contributed by atoms with Gasteiger partial charge in [0, 0.05) is 75.2 Å². The molecule has 0 radical (unpaired) electrons. The van der Waals surface area contributed by atoms with Crippen LogP contribution in [-0.4, -0.2) is 129 Å². The molecule has 0 spiro atoms. The normalized spacial score (nSPS) is 16.5. The number of esters is 1. The minimum absolute atomic E-state index is 0.0216. The number of benzene rings is 8. The molecule has 18 rings (SSSR count). The summed E-state index contributed by atoms with van der Waals surface area (Å²) in [6, 6.07) is 53.0. The SMILES string of the molecule is CC(C)Oc1ccc(-c2nc(-c3cccc4c3CC[C@@H]4NS(=O)(=O)C3CC3)no2)cc1C#N.CC(C)Oc1ccc(-c2nc(-c3cccc4c3CC[C@@H]4NS(=O)(=O)C3CC3)no2)cc1C#N.CCOC(=O)CNC1CCc2c(-c3noc(-c4ccc(OC(C)C)c(C#N)c4)n3)cccc21.CC[C@@H](O)CNC1CCc2c(-c3noc(-c4ccc(OC(C)C)c(C#N)c4)n3)cccc21. The number of carbonyl (C=O) groups excluding carboxylic acids is 1. The van der Waals surface area contributed by atoms with Gasteiger partial charge in [0.25, 0.3) is 23.6 Å². The Morgan fingerprint density at radius 2 is 0.695 bits per heavy atom. The molecule has 2 saturated carbocycles. The second-order valence-corrected chi connectivity index (χ2v) is 37.9. The number of ether oxygens (including phenoxy) is 5. The Bertz CT molecular complexity index is 6390. The molecule has 12 aromatic rings. The van der Waals surface area contributed by atoms with Gasteiger partial charge in [0.1, 0.15) is 47.3 Å². The molecule has 0 bridgehead atoms. The lowest BCUT2D eigenvalue weighted by Gasteiger charge is -2.16. The molecule has 31 nitrogen and oxygen atoms in total. The maximum absolute atomic E-state index is 12.4. The van der Waals surface area contributed by atoms with Gasteiger partial charge in [-0.25, -0.2) is 26.3 Å². The molecule has 5 atom stereocenters. The molecule has 0 aliphatic heterocycles. The van der Waals surface area contributed by atoms with Crippen LogP contribution in [0.5, 0.6) is 23.0 Å². The fourth-order valence-corrected chi connectivity index (χ4v) is 19.7. The third kappa shape index (κ3) is 21.7. The summed E-state index contributed by atoms with van der Waals surface area (Å²) in [7, 11) is -6.55. The van der Waals surface area contributed by atoms with Gasteiger partial charge in [-0.3, -0.25) is 4.79 Å². The van der Waals surface area contributed by atoms with Crippen molar-refractivity contribution in [3.8, 4) is 139 Å². The van der Waals surface area contributed by atoms with E-state index in [-0.39, 0.29) is 77.7 Å². The standard InChI is InChI=1S/C25H26N4O4.C25H28N4O3.2C24H24N4O4S/c1-4-31-23(30)14-27-21-10-9-18-19(21)6-5-7-20(18)24-28-25(33-29-24)16-8-11-22(32-15(2)3)17(12-16)13-26;1-4-18(30)14-27-22-10-9-19-20(22)6-5-7-21(19)24-28-25(32-29-24)16-8-11-23(31-15(2)3)17(12-16)13-26;2*1-14(2)31-22-11-6-15(12-16(22)13-25)24-26-23(27-32-24)20-5-3-4-19-18(20)9-10-21(19)28-33(29,30)17-7-8-17/h5-8,11-12,15,21,27H,4,9-10,14H2,1-3H3;5-8,11-12,15,18,22,27,30H,4,9-10,14H2,1-3H3;2*3-6,11-12,14,17,21,28H,7-10H2,1-2H3/t;18-,22?;2*21-/m.100/s1. The van der Waals surface area contributed by atoms with Crippen LogP contribution in [0, 0.1) is 45.3 Å². The topological polar surface area (TPSA) is 451 Å². The second-order valence-electron chi connectivity index (χ2n) is 33.9. The van der Waals surface area contributed by atoms with Crippen molar-refractivity contribution in [1.82, 2.24) is 60.6 Å². The molecule has 8 aromatic carbocycles. The van der Waals surface area contributed by atoms with Gasteiger partial charge >= 0.3 is 5.97 Å². The third-order valence-corrected chi connectivity index (χ3v) is 26.9. The van der Waals surface area contributed by atoms with Crippen molar-refractivity contribution >= 4 is 26.0 Å². The minimum atomic E-state index is -3.28. The zero-order chi connectivity index (χ0) is 92.4. The highest BCUT2D eigenvalue weighted by molar-refractivity contribution is 7.90. The number of aromatic nitrogens is 8. The van der Waals surface area contributed by atoms with Crippen molar-refractivity contribution in [2.45, 2.75) is 218 Å². The van der Waals surface area contributed by atoms with E-state index in [0.717, 1.165) is 126 Å². The number of nitrogens with one attached hydrogen (secondary N) is 4. The van der Waals surface area contributed by atoms with E-state index in [1.54, 1.807) is 73.7 Å². The zero-order valence-electron chi connectivity index (χ0n) is 74.4. The number of hydrogen-bond donors (Lipinski definition) is 5. The summed E-state index contributed by atoms with van der Waals surface area (Å²) in [6.45, 7) is 20.2. The van der Waals surface area contributed by atoms with E-state index in [0.29, 0.717) is 140 Å². The molecule has 6 aliphatic rings. The Labute approximate surface area is 760 Å². The number of sulfonamides is 2. The molecule has 5 N–H and O–H groups in total. The van der Waals surface area contributed by atoms with Crippen LogP contribution >= 0.6 is 0 Å². The number of aliphatic hydroxyl groups is 1. The van der Waals surface area contributed by atoms with Crippen LogP contribution in [0.1, 0.15) is 218 Å². The molecular formula is C98H102N16O15S2. The lowest BCUT2D eigenvalue weighted by molar-refractivity contribution is -0.142. The van der Waals surface area contributed by atoms with Crippen molar-refractivity contribution in [3.05, 3.63) is 212 Å². The third-order valence-electron chi connectivity index (χ3n) is 23.0. The van der Waals surface area contributed by atoms with Gasteiger partial charge < -0.3 is 57.5 Å². The average Bonchev–Trinajstić information content (AvgIpc) is 1.60. The average molecular weight is 1810 g/mol. The van der Waals surface area contributed by atoms with Gasteiger partial charge in [-0.05, 0) is 263 Å². The summed E-state index contributed by atoms with van der Waals surface area (Å²) >= 11 is 0. The van der Waals surface area contributed by atoms with Gasteiger partial charge in [-0.1, -0.05) is 100 Å². The van der Waals surface area contributed by atoms with E-state index in [1.165, 1.54) is 11.1 Å². The Morgan fingerprint density at radius 3 is 0.962 bits per heavy atom. The Morgan fingerprint density at radius 1 is 0.412 bits per heavy atom. The highest BCUT2D eigenvalue weighted by Gasteiger charge is 2.41. The van der Waals surface area contributed by atoms with Gasteiger partial charge in [0.05, 0.1) is 76.4 Å². The number of hydrogen-bond acceptors (Lipinski definition) is 29. The van der Waals surface area contributed by atoms with E-state index in [9.17, 15) is 47.8 Å². The van der Waals surface area contributed by atoms with Crippen LogP contribution in [0.15, 0.2) is 164 Å². The van der Waals surface area contributed by atoms with E-state index in [4.69, 9.17) is 41.8 Å². The lowest BCUT2D eigenvalue weighted by Crippen LogP contribution is -2.30. The van der Waals surface area contributed by atoms with E-state index in [2.05, 4.69) is 97.0 Å². The zero-order valence-corrected chi connectivity index (χ0v) is 76.0. The first kappa shape index (κ1) is 92.4. The molecule has 0 amide bonds. The highest BCUT2D eigenvalue weighted by atomic mass is 32.2. The smallest absolute Gasteiger partial charge is 0.319 e. The van der Waals surface area contributed by atoms with E-state index in [1.807, 2.05) is 129 Å². The van der Waals surface area contributed by atoms with Crippen LogP contribution in [0.25, 0.3) is 91.4 Å². The van der Waals surface area contributed by atoms with Crippen molar-refractivity contribution in [2.75, 3.05) is 19.7 Å². The first-order chi connectivity index (χ1) is 63.2. The molecule has 4 aromatic heterocycles. The number of rotatable bonds is 30. The lowest BCUT2D eigenvalue weighted by atomic mass is 10.0. The summed E-state index contributed by atoms with van der Waals surface area (Å²) in [6.07, 6.45) is 9.65. The molecule has 4 heterocycles. The first-order valence-electron chi connectivity index (χ1n) is 44.2. The van der Waals surface area contributed by atoms with Gasteiger partial charge in [0.15, 0.2) is 0 Å². The van der Waals surface area contributed by atoms with Crippen LogP contribution in [0.4, 0.5) is 0 Å². The molecule has 33 heteroatoms. The van der Waals surface area contributed by atoms with Crippen LogP contribution in [0.2, 0.25) is 0 Å². The molecule has 6 aliphatic carbocycles.